The molecule has 4 nitrogen and oxygen atoms in total. The first-order chi connectivity index (χ1) is 12.5. The summed E-state index contributed by atoms with van der Waals surface area (Å²) in [6.07, 6.45) is 1.23. The number of para-hydroxylation sites is 1. The third-order valence-corrected chi connectivity index (χ3v) is 4.58. The molecular formula is C22H24N2O2. The molecular weight excluding hydrogens is 324 g/mol. The lowest BCUT2D eigenvalue weighted by Gasteiger charge is -2.24. The van der Waals surface area contributed by atoms with Crippen LogP contribution in [0.25, 0.3) is 10.9 Å². The summed E-state index contributed by atoms with van der Waals surface area (Å²) in [6.45, 7) is 6.23. The Balaban J connectivity index is 2.04. The van der Waals surface area contributed by atoms with Gasteiger partial charge in [0.05, 0.1) is 6.54 Å². The minimum absolute atomic E-state index is 0.0326. The molecule has 0 radical (unpaired) electrons. The average molecular weight is 348 g/mol. The van der Waals surface area contributed by atoms with E-state index in [0.29, 0.717) is 12.0 Å². The first kappa shape index (κ1) is 17.9. The van der Waals surface area contributed by atoms with Gasteiger partial charge in [0, 0.05) is 23.2 Å². The molecule has 1 amide bonds. The van der Waals surface area contributed by atoms with Gasteiger partial charge in [0.25, 0.3) is 5.56 Å². The molecule has 26 heavy (non-hydrogen) atoms. The Morgan fingerprint density at radius 3 is 2.58 bits per heavy atom. The number of carbonyl (C=O) groups is 1. The Labute approximate surface area is 153 Å². The van der Waals surface area contributed by atoms with Crippen LogP contribution in [-0.4, -0.2) is 10.9 Å². The van der Waals surface area contributed by atoms with Crippen molar-refractivity contribution in [2.75, 3.05) is 4.90 Å². The van der Waals surface area contributed by atoms with Crippen LogP contribution in [0.5, 0.6) is 0 Å². The third-order valence-electron chi connectivity index (χ3n) is 4.58. The topological polar surface area (TPSA) is 53.2 Å². The SMILES string of the molecule is CCCC(=O)N(Cc1cc2ccc(C)cc2[nH]c1=O)c1ccccc1C. The number of hydrogen-bond donors (Lipinski definition) is 1. The maximum atomic E-state index is 12.7. The minimum atomic E-state index is -0.147. The number of nitrogens with one attached hydrogen (secondary N) is 1. The maximum Gasteiger partial charge on any atom is 0.253 e. The number of aromatic nitrogens is 1. The number of amides is 1. The summed E-state index contributed by atoms with van der Waals surface area (Å²) in [7, 11) is 0. The molecule has 1 N–H and O–H groups in total. The molecule has 0 aliphatic heterocycles. The van der Waals surface area contributed by atoms with Gasteiger partial charge >= 0.3 is 0 Å². The van der Waals surface area contributed by atoms with E-state index in [1.807, 2.05) is 69.3 Å². The standard InChI is InChI=1S/C22H24N2O2/c1-4-7-21(25)24(20-9-6-5-8-16(20)3)14-18-13-17-11-10-15(2)12-19(17)23-22(18)26/h5-6,8-13H,4,7,14H2,1-3H3,(H,23,26). The summed E-state index contributed by atoms with van der Waals surface area (Å²) >= 11 is 0. The number of rotatable bonds is 5. The molecule has 0 spiro atoms. The van der Waals surface area contributed by atoms with Gasteiger partial charge < -0.3 is 9.88 Å². The van der Waals surface area contributed by atoms with Gasteiger partial charge in [0.1, 0.15) is 0 Å². The fourth-order valence-electron chi connectivity index (χ4n) is 3.17. The highest BCUT2D eigenvalue weighted by molar-refractivity contribution is 5.94. The van der Waals surface area contributed by atoms with E-state index < -0.39 is 0 Å². The highest BCUT2D eigenvalue weighted by atomic mass is 16.2. The van der Waals surface area contributed by atoms with E-state index in [2.05, 4.69) is 4.98 Å². The van der Waals surface area contributed by atoms with Gasteiger partial charge in [-0.05, 0) is 55.0 Å². The van der Waals surface area contributed by atoms with Crippen molar-refractivity contribution in [2.24, 2.45) is 0 Å². The van der Waals surface area contributed by atoms with E-state index in [-0.39, 0.29) is 18.0 Å². The van der Waals surface area contributed by atoms with Crippen LogP contribution < -0.4 is 10.5 Å². The van der Waals surface area contributed by atoms with E-state index in [0.717, 1.165) is 34.1 Å². The number of nitrogens with zero attached hydrogens (tertiary/aromatic N) is 1. The van der Waals surface area contributed by atoms with Crippen LogP contribution in [0, 0.1) is 13.8 Å². The Kier molecular flexibility index (Phi) is 5.21. The number of carbonyl (C=O) groups excluding carboxylic acids is 1. The molecule has 0 unspecified atom stereocenters. The maximum absolute atomic E-state index is 12.7. The smallest absolute Gasteiger partial charge is 0.253 e. The van der Waals surface area contributed by atoms with E-state index in [1.54, 1.807) is 4.90 Å². The Bertz CT molecular complexity index is 1000. The quantitative estimate of drug-likeness (QED) is 0.739. The van der Waals surface area contributed by atoms with E-state index in [4.69, 9.17) is 0 Å². The number of H-pyrrole nitrogens is 1. The highest BCUT2D eigenvalue weighted by Crippen LogP contribution is 2.23. The van der Waals surface area contributed by atoms with Crippen molar-refractivity contribution in [3.05, 3.63) is 75.6 Å². The summed E-state index contributed by atoms with van der Waals surface area (Å²) in [5.74, 6) is 0.0326. The van der Waals surface area contributed by atoms with Crippen LogP contribution >= 0.6 is 0 Å². The number of aryl methyl sites for hydroxylation is 2. The van der Waals surface area contributed by atoms with Gasteiger partial charge in [-0.15, -0.1) is 0 Å². The zero-order valence-corrected chi connectivity index (χ0v) is 15.5. The van der Waals surface area contributed by atoms with Crippen molar-refractivity contribution in [2.45, 2.75) is 40.2 Å². The van der Waals surface area contributed by atoms with Crippen LogP contribution in [0.3, 0.4) is 0 Å². The largest absolute Gasteiger partial charge is 0.322 e. The fourth-order valence-corrected chi connectivity index (χ4v) is 3.17. The normalized spacial score (nSPS) is 10.9. The van der Waals surface area contributed by atoms with Crippen LogP contribution in [-0.2, 0) is 11.3 Å². The molecule has 0 saturated heterocycles. The zero-order chi connectivity index (χ0) is 18.7. The number of fused-ring (bicyclic) bond motifs is 1. The van der Waals surface area contributed by atoms with Crippen molar-refractivity contribution < 1.29 is 4.79 Å². The van der Waals surface area contributed by atoms with E-state index in [9.17, 15) is 9.59 Å². The molecule has 1 heterocycles. The molecule has 0 aliphatic rings. The summed E-state index contributed by atoms with van der Waals surface area (Å²) in [4.78, 5) is 30.0. The molecule has 3 aromatic rings. The second-order valence-corrected chi connectivity index (χ2v) is 6.73. The summed E-state index contributed by atoms with van der Waals surface area (Å²) in [6, 6.07) is 15.6. The van der Waals surface area contributed by atoms with Crippen molar-refractivity contribution in [3.63, 3.8) is 0 Å². The lowest BCUT2D eigenvalue weighted by molar-refractivity contribution is -0.118. The van der Waals surface area contributed by atoms with Crippen molar-refractivity contribution >= 4 is 22.5 Å². The van der Waals surface area contributed by atoms with Crippen molar-refractivity contribution in [1.29, 1.82) is 0 Å². The molecule has 3 rings (SSSR count). The predicted octanol–water partition coefficient (Wildman–Crippen LogP) is 4.48. The molecule has 0 saturated carbocycles. The number of pyridine rings is 1. The summed E-state index contributed by atoms with van der Waals surface area (Å²) < 4.78 is 0. The Morgan fingerprint density at radius 2 is 1.85 bits per heavy atom. The van der Waals surface area contributed by atoms with Gasteiger partial charge in [0.15, 0.2) is 0 Å². The molecule has 0 atom stereocenters. The molecule has 134 valence electrons. The highest BCUT2D eigenvalue weighted by Gasteiger charge is 2.18. The van der Waals surface area contributed by atoms with Crippen molar-refractivity contribution in [1.82, 2.24) is 4.98 Å². The molecule has 2 aromatic carbocycles. The van der Waals surface area contributed by atoms with Gasteiger partial charge in [-0.1, -0.05) is 37.3 Å². The third kappa shape index (κ3) is 3.69. The Hall–Kier alpha value is -2.88. The van der Waals surface area contributed by atoms with Gasteiger partial charge in [0.2, 0.25) is 5.91 Å². The number of anilines is 1. The van der Waals surface area contributed by atoms with Gasteiger partial charge in [-0.2, -0.15) is 0 Å². The van der Waals surface area contributed by atoms with E-state index in [1.165, 1.54) is 0 Å². The number of hydrogen-bond acceptors (Lipinski definition) is 2. The zero-order valence-electron chi connectivity index (χ0n) is 15.5. The van der Waals surface area contributed by atoms with Crippen LogP contribution in [0.2, 0.25) is 0 Å². The van der Waals surface area contributed by atoms with E-state index >= 15 is 0 Å². The molecule has 0 aliphatic carbocycles. The van der Waals surface area contributed by atoms with Crippen LogP contribution in [0.1, 0.15) is 36.5 Å². The Morgan fingerprint density at radius 1 is 1.08 bits per heavy atom. The monoisotopic (exact) mass is 348 g/mol. The first-order valence-electron chi connectivity index (χ1n) is 8.98. The lowest BCUT2D eigenvalue weighted by Crippen LogP contribution is -2.33. The number of aromatic amines is 1. The lowest BCUT2D eigenvalue weighted by atomic mass is 10.1. The molecule has 0 fully saturated rings. The predicted molar refractivity (Wildman–Crippen MR) is 107 cm³/mol. The van der Waals surface area contributed by atoms with Gasteiger partial charge in [-0.3, -0.25) is 9.59 Å². The summed E-state index contributed by atoms with van der Waals surface area (Å²) in [5.41, 5.74) is 4.24. The molecule has 0 bridgehead atoms. The second kappa shape index (κ2) is 7.56. The minimum Gasteiger partial charge on any atom is -0.322 e. The van der Waals surface area contributed by atoms with Crippen molar-refractivity contribution in [3.8, 4) is 0 Å². The average Bonchev–Trinajstić information content (AvgIpc) is 2.61. The summed E-state index contributed by atoms with van der Waals surface area (Å²) in [5, 5.41) is 0.970. The fraction of sp³-hybridized carbons (Fsp3) is 0.273. The van der Waals surface area contributed by atoms with Gasteiger partial charge in [-0.25, -0.2) is 0 Å². The molecule has 1 aromatic heterocycles. The second-order valence-electron chi connectivity index (χ2n) is 6.73. The van der Waals surface area contributed by atoms with Crippen LogP contribution in [0.15, 0.2) is 53.3 Å². The number of benzene rings is 2. The molecule has 4 heteroatoms. The first-order valence-corrected chi connectivity index (χ1v) is 8.98. The van der Waals surface area contributed by atoms with Crippen LogP contribution in [0.4, 0.5) is 5.69 Å².